The van der Waals surface area contributed by atoms with Gasteiger partial charge in [0.25, 0.3) is 10.0 Å². The summed E-state index contributed by atoms with van der Waals surface area (Å²) in [6, 6.07) is 6.47. The molecule has 1 fully saturated rings. The first-order chi connectivity index (χ1) is 9.03. The van der Waals surface area contributed by atoms with Crippen LogP contribution in [0.1, 0.15) is 5.56 Å². The first-order valence-corrected chi connectivity index (χ1v) is 7.66. The lowest BCUT2D eigenvalue weighted by Gasteiger charge is -2.32. The summed E-state index contributed by atoms with van der Waals surface area (Å²) in [6.45, 7) is 2.65. The summed E-state index contributed by atoms with van der Waals surface area (Å²) in [5, 5.41) is 10.9. The van der Waals surface area contributed by atoms with Crippen LogP contribution in [0.4, 0.5) is 0 Å². The minimum atomic E-state index is -3.62. The molecule has 0 unspecified atom stereocenters. The molecule has 1 aromatic carbocycles. The van der Waals surface area contributed by atoms with Crippen LogP contribution >= 0.6 is 0 Å². The van der Waals surface area contributed by atoms with E-state index in [4.69, 9.17) is 0 Å². The molecule has 0 bridgehead atoms. The number of hydrogen-bond acceptors (Lipinski definition) is 5. The van der Waals surface area contributed by atoms with E-state index in [1.165, 1.54) is 6.07 Å². The maximum atomic E-state index is 12.3. The molecule has 2 N–H and O–H groups in total. The van der Waals surface area contributed by atoms with E-state index in [-0.39, 0.29) is 11.5 Å². The fourth-order valence-corrected chi connectivity index (χ4v) is 3.37. The van der Waals surface area contributed by atoms with Crippen LogP contribution in [0.15, 0.2) is 29.2 Å². The number of hydrazine groups is 1. The van der Waals surface area contributed by atoms with Crippen molar-refractivity contribution in [1.29, 1.82) is 0 Å². The van der Waals surface area contributed by atoms with Gasteiger partial charge in [0, 0.05) is 26.2 Å². The van der Waals surface area contributed by atoms with Crippen LogP contribution in [0.3, 0.4) is 0 Å². The Morgan fingerprint density at radius 2 is 1.84 bits per heavy atom. The zero-order valence-electron chi connectivity index (χ0n) is 10.9. The second-order valence-electron chi connectivity index (χ2n) is 4.65. The first kappa shape index (κ1) is 14.4. The summed E-state index contributed by atoms with van der Waals surface area (Å²) in [4.78, 5) is 4.86. The quantitative estimate of drug-likeness (QED) is 0.789. The van der Waals surface area contributed by atoms with Crippen LogP contribution in [0, 0.1) is 0 Å². The number of rotatable bonds is 4. The molecule has 1 aromatic rings. The highest BCUT2D eigenvalue weighted by atomic mass is 32.2. The molecule has 0 saturated carbocycles. The maximum Gasteiger partial charge on any atom is 0.253 e. The van der Waals surface area contributed by atoms with Crippen molar-refractivity contribution in [2.24, 2.45) is 0 Å². The van der Waals surface area contributed by atoms with Crippen molar-refractivity contribution in [3.8, 4) is 0 Å². The largest absolute Gasteiger partial charge is 0.392 e. The summed E-state index contributed by atoms with van der Waals surface area (Å²) in [5.41, 5.74) is 0.407. The van der Waals surface area contributed by atoms with E-state index in [1.807, 2.05) is 7.05 Å². The number of nitrogens with zero attached hydrogens (tertiary/aromatic N) is 2. The fraction of sp³-hybridized carbons (Fsp3) is 0.500. The predicted octanol–water partition coefficient (Wildman–Crippen LogP) is -0.380. The van der Waals surface area contributed by atoms with Crippen molar-refractivity contribution < 1.29 is 13.5 Å². The lowest BCUT2D eigenvalue weighted by molar-refractivity contribution is 0.134. The molecule has 1 heterocycles. The maximum absolute atomic E-state index is 12.3. The van der Waals surface area contributed by atoms with Crippen LogP contribution < -0.4 is 4.83 Å². The number of aliphatic hydroxyl groups excluding tert-OH is 1. The molecule has 0 aliphatic carbocycles. The normalized spacial score (nSPS) is 18.6. The Morgan fingerprint density at radius 1 is 1.21 bits per heavy atom. The topological polar surface area (TPSA) is 72.9 Å². The Kier molecular flexibility index (Phi) is 4.54. The molecule has 1 aliphatic rings. The van der Waals surface area contributed by atoms with E-state index in [9.17, 15) is 13.5 Å². The van der Waals surface area contributed by atoms with Crippen LogP contribution in [-0.2, 0) is 16.6 Å². The van der Waals surface area contributed by atoms with Crippen LogP contribution in [0.2, 0.25) is 0 Å². The molecule has 2 rings (SSSR count). The smallest absolute Gasteiger partial charge is 0.253 e. The standard InChI is InChI=1S/C12H19N3O3S/c1-14-6-8-15(9-7-14)13-19(17,18)12-5-3-2-4-11(12)10-16/h2-5,13,16H,6-10H2,1H3. The van der Waals surface area contributed by atoms with Gasteiger partial charge in [-0.3, -0.25) is 0 Å². The lowest BCUT2D eigenvalue weighted by Crippen LogP contribution is -2.52. The minimum Gasteiger partial charge on any atom is -0.392 e. The van der Waals surface area contributed by atoms with E-state index in [0.717, 1.165) is 13.1 Å². The van der Waals surface area contributed by atoms with Gasteiger partial charge < -0.3 is 10.0 Å². The summed E-state index contributed by atoms with van der Waals surface area (Å²) in [5.74, 6) is 0. The number of sulfonamides is 1. The molecule has 0 spiro atoms. The number of piperazine rings is 1. The second-order valence-corrected chi connectivity index (χ2v) is 6.28. The molecular weight excluding hydrogens is 266 g/mol. The van der Waals surface area contributed by atoms with Gasteiger partial charge in [0.15, 0.2) is 0 Å². The molecule has 0 aromatic heterocycles. The highest BCUT2D eigenvalue weighted by molar-refractivity contribution is 7.89. The van der Waals surface area contributed by atoms with Gasteiger partial charge in [-0.25, -0.2) is 13.4 Å². The molecule has 1 saturated heterocycles. The predicted molar refractivity (Wildman–Crippen MR) is 71.8 cm³/mol. The average Bonchev–Trinajstić information content (AvgIpc) is 2.41. The summed E-state index contributed by atoms with van der Waals surface area (Å²) in [7, 11) is -1.62. The number of aliphatic hydroxyl groups is 1. The highest BCUT2D eigenvalue weighted by Crippen LogP contribution is 2.15. The Balaban J connectivity index is 2.14. The Bertz CT molecular complexity index is 525. The lowest BCUT2D eigenvalue weighted by atomic mass is 10.2. The number of benzene rings is 1. The monoisotopic (exact) mass is 285 g/mol. The third-order valence-corrected chi connectivity index (χ3v) is 4.66. The zero-order valence-corrected chi connectivity index (χ0v) is 11.7. The summed E-state index contributed by atoms with van der Waals surface area (Å²) in [6.07, 6.45) is 0. The molecule has 0 radical (unpaired) electrons. The van der Waals surface area contributed by atoms with E-state index < -0.39 is 10.0 Å². The van der Waals surface area contributed by atoms with Crippen molar-refractivity contribution in [1.82, 2.24) is 14.7 Å². The van der Waals surface area contributed by atoms with Crippen molar-refractivity contribution in [3.63, 3.8) is 0 Å². The number of nitrogens with one attached hydrogen (secondary N) is 1. The number of likely N-dealkylation sites (N-methyl/N-ethyl adjacent to an activating group) is 1. The fourth-order valence-electron chi connectivity index (χ4n) is 2.01. The molecule has 0 atom stereocenters. The SMILES string of the molecule is CN1CCN(NS(=O)(=O)c2ccccc2CO)CC1. The number of hydrogen-bond donors (Lipinski definition) is 2. The summed E-state index contributed by atoms with van der Waals surface area (Å²) >= 11 is 0. The molecule has 106 valence electrons. The zero-order chi connectivity index (χ0) is 13.9. The molecule has 0 amide bonds. The summed E-state index contributed by atoms with van der Waals surface area (Å²) < 4.78 is 24.6. The minimum absolute atomic E-state index is 0.136. The van der Waals surface area contributed by atoms with Crippen molar-refractivity contribution in [3.05, 3.63) is 29.8 Å². The van der Waals surface area contributed by atoms with E-state index in [0.29, 0.717) is 18.7 Å². The van der Waals surface area contributed by atoms with Gasteiger partial charge in [-0.15, -0.1) is 4.83 Å². The van der Waals surface area contributed by atoms with Gasteiger partial charge in [-0.2, -0.15) is 0 Å². The van der Waals surface area contributed by atoms with Crippen LogP contribution in [0.25, 0.3) is 0 Å². The third-order valence-electron chi connectivity index (χ3n) is 3.19. The molecule has 1 aliphatic heterocycles. The van der Waals surface area contributed by atoms with Gasteiger partial charge in [0.2, 0.25) is 0 Å². The third kappa shape index (κ3) is 3.52. The van der Waals surface area contributed by atoms with Gasteiger partial charge in [0.1, 0.15) is 0 Å². The molecular formula is C12H19N3O3S. The Morgan fingerprint density at radius 3 is 2.47 bits per heavy atom. The Hall–Kier alpha value is -0.990. The molecule has 6 nitrogen and oxygen atoms in total. The van der Waals surface area contributed by atoms with Gasteiger partial charge >= 0.3 is 0 Å². The average molecular weight is 285 g/mol. The van der Waals surface area contributed by atoms with E-state index in [2.05, 4.69) is 9.73 Å². The van der Waals surface area contributed by atoms with Crippen molar-refractivity contribution in [2.45, 2.75) is 11.5 Å². The molecule has 19 heavy (non-hydrogen) atoms. The Labute approximate surface area is 113 Å². The van der Waals surface area contributed by atoms with Gasteiger partial charge in [0.05, 0.1) is 11.5 Å². The van der Waals surface area contributed by atoms with Crippen LogP contribution in [-0.4, -0.2) is 56.7 Å². The second kappa shape index (κ2) is 5.98. The highest BCUT2D eigenvalue weighted by Gasteiger charge is 2.23. The van der Waals surface area contributed by atoms with Gasteiger partial charge in [-0.1, -0.05) is 18.2 Å². The van der Waals surface area contributed by atoms with Crippen LogP contribution in [0.5, 0.6) is 0 Å². The molecule has 7 heteroatoms. The van der Waals surface area contributed by atoms with Crippen molar-refractivity contribution in [2.75, 3.05) is 33.2 Å². The van der Waals surface area contributed by atoms with E-state index in [1.54, 1.807) is 23.2 Å². The van der Waals surface area contributed by atoms with E-state index >= 15 is 0 Å². The first-order valence-electron chi connectivity index (χ1n) is 6.17. The van der Waals surface area contributed by atoms with Gasteiger partial charge in [-0.05, 0) is 18.7 Å². The van der Waals surface area contributed by atoms with Crippen molar-refractivity contribution >= 4 is 10.0 Å².